The molecule has 0 saturated heterocycles. The van der Waals surface area contributed by atoms with Crippen LogP contribution in [0.5, 0.6) is 0 Å². The van der Waals surface area contributed by atoms with Crippen molar-refractivity contribution >= 4 is 27.9 Å². The van der Waals surface area contributed by atoms with Crippen molar-refractivity contribution in [3.8, 4) is 0 Å². The molecule has 0 aliphatic carbocycles. The number of carbonyl (C=O) groups excluding carboxylic acids is 1. The normalized spacial score (nSPS) is 11.1. The van der Waals surface area contributed by atoms with Crippen LogP contribution < -0.4 is 9.44 Å². The van der Waals surface area contributed by atoms with Crippen LogP contribution in [0, 0.1) is 0 Å². The van der Waals surface area contributed by atoms with Crippen molar-refractivity contribution < 1.29 is 17.9 Å². The third-order valence-electron chi connectivity index (χ3n) is 1.35. The van der Waals surface area contributed by atoms with E-state index in [1.807, 2.05) is 0 Å². The summed E-state index contributed by atoms with van der Waals surface area (Å²) in [6.45, 7) is 1.94. The van der Waals surface area contributed by atoms with Crippen LogP contribution in [0.4, 0.5) is 4.79 Å². The maximum absolute atomic E-state index is 11.1. The molecule has 0 radical (unpaired) electrons. The lowest BCUT2D eigenvalue weighted by Crippen LogP contribution is -2.40. The second-order valence-corrected chi connectivity index (χ2v) is 4.49. The van der Waals surface area contributed by atoms with Crippen molar-refractivity contribution in [2.75, 3.05) is 19.0 Å². The molecule has 0 aliphatic heterocycles. The molecular weight excluding hydrogens is 244 g/mol. The minimum atomic E-state index is -3.80. The highest BCUT2D eigenvalue weighted by Crippen LogP contribution is 1.90. The summed E-state index contributed by atoms with van der Waals surface area (Å²) in [6, 6.07) is 0. The van der Waals surface area contributed by atoms with Gasteiger partial charge in [0.15, 0.2) is 0 Å². The minimum Gasteiger partial charge on any atom is -0.449 e. The number of alkyl halides is 1. The fourth-order valence-corrected chi connectivity index (χ4v) is 1.68. The molecule has 0 heterocycles. The Kier molecular flexibility index (Phi) is 7.45. The van der Waals surface area contributed by atoms with Crippen LogP contribution in [0.1, 0.15) is 19.8 Å². The van der Waals surface area contributed by atoms with E-state index in [2.05, 4.69) is 9.46 Å². The van der Waals surface area contributed by atoms with E-state index in [-0.39, 0.29) is 13.2 Å². The van der Waals surface area contributed by atoms with Gasteiger partial charge in [0.05, 0.1) is 6.61 Å². The first-order chi connectivity index (χ1) is 7.02. The van der Waals surface area contributed by atoms with Gasteiger partial charge in [-0.25, -0.2) is 9.52 Å². The summed E-state index contributed by atoms with van der Waals surface area (Å²) in [4.78, 5) is 10.8. The Hall–Kier alpha value is -0.530. The number of nitrogens with one attached hydrogen (secondary N) is 2. The molecule has 1 amide bonds. The summed E-state index contributed by atoms with van der Waals surface area (Å²) < 4.78 is 30.5. The van der Waals surface area contributed by atoms with Gasteiger partial charge in [0.25, 0.3) is 0 Å². The Labute approximate surface area is 94.5 Å². The van der Waals surface area contributed by atoms with Gasteiger partial charge in [-0.3, -0.25) is 0 Å². The molecule has 0 aromatic rings. The van der Waals surface area contributed by atoms with Crippen molar-refractivity contribution in [3.05, 3.63) is 0 Å². The van der Waals surface area contributed by atoms with E-state index in [0.29, 0.717) is 18.7 Å². The summed E-state index contributed by atoms with van der Waals surface area (Å²) >= 11 is 5.41. The van der Waals surface area contributed by atoms with Gasteiger partial charge >= 0.3 is 16.3 Å². The number of unbranched alkanes of at least 4 members (excludes halogenated alkanes) is 1. The van der Waals surface area contributed by atoms with E-state index in [4.69, 9.17) is 11.6 Å². The monoisotopic (exact) mass is 258 g/mol. The van der Waals surface area contributed by atoms with Crippen molar-refractivity contribution in [2.24, 2.45) is 0 Å². The summed E-state index contributed by atoms with van der Waals surface area (Å²) in [7, 11) is -3.80. The first kappa shape index (κ1) is 14.5. The predicted molar refractivity (Wildman–Crippen MR) is 57.0 cm³/mol. The molecule has 0 aromatic heterocycles. The Balaban J connectivity index is 3.82. The summed E-state index contributed by atoms with van der Waals surface area (Å²) in [5, 5.41) is 0. The minimum absolute atomic E-state index is 0.119. The molecule has 0 unspecified atom stereocenters. The molecule has 0 aromatic carbocycles. The van der Waals surface area contributed by atoms with Crippen LogP contribution in [0.3, 0.4) is 0 Å². The van der Waals surface area contributed by atoms with Gasteiger partial charge in [-0.05, 0) is 19.8 Å². The summed E-state index contributed by atoms with van der Waals surface area (Å²) in [6.07, 6.45) is 0.346. The zero-order valence-electron chi connectivity index (χ0n) is 8.45. The number of hydrogen-bond acceptors (Lipinski definition) is 4. The van der Waals surface area contributed by atoms with Crippen LogP contribution in [0.2, 0.25) is 0 Å². The molecule has 0 bridgehead atoms. The highest BCUT2D eigenvalue weighted by molar-refractivity contribution is 7.88. The molecule has 0 rings (SSSR count). The van der Waals surface area contributed by atoms with Crippen molar-refractivity contribution in [1.29, 1.82) is 0 Å². The Bertz CT molecular complexity index is 281. The van der Waals surface area contributed by atoms with Gasteiger partial charge in [-0.15, -0.1) is 11.6 Å². The summed E-state index contributed by atoms with van der Waals surface area (Å²) in [5.41, 5.74) is 0. The Morgan fingerprint density at radius 2 is 2.07 bits per heavy atom. The quantitative estimate of drug-likeness (QED) is 0.517. The van der Waals surface area contributed by atoms with Gasteiger partial charge in [-0.1, -0.05) is 0 Å². The molecule has 0 spiro atoms. The van der Waals surface area contributed by atoms with Crippen LogP contribution in [0.15, 0.2) is 0 Å². The van der Waals surface area contributed by atoms with Gasteiger partial charge in [0.2, 0.25) is 0 Å². The molecular formula is C7H15ClN2O4S. The average molecular weight is 259 g/mol. The number of rotatable bonds is 7. The zero-order valence-corrected chi connectivity index (χ0v) is 10.0. The second-order valence-electron chi connectivity index (χ2n) is 2.62. The number of ether oxygens (including phenoxy) is 1. The fraction of sp³-hybridized carbons (Fsp3) is 0.857. The lowest BCUT2D eigenvalue weighted by Gasteiger charge is -2.07. The molecule has 0 aliphatic rings. The van der Waals surface area contributed by atoms with Gasteiger partial charge in [0.1, 0.15) is 0 Å². The average Bonchev–Trinajstić information content (AvgIpc) is 2.12. The standard InChI is InChI=1S/C7H15ClN2O4S/c1-2-14-7(11)10-15(12,13)9-6-4-3-5-8/h9H,2-6H2,1H3,(H,10,11). The van der Waals surface area contributed by atoms with E-state index in [0.717, 1.165) is 0 Å². The van der Waals surface area contributed by atoms with Crippen LogP contribution in [-0.2, 0) is 14.9 Å². The summed E-state index contributed by atoms with van der Waals surface area (Å²) in [5.74, 6) is 0.479. The van der Waals surface area contributed by atoms with E-state index in [1.165, 1.54) is 0 Å². The first-order valence-electron chi connectivity index (χ1n) is 4.52. The number of hydrogen-bond donors (Lipinski definition) is 2. The third-order valence-corrected chi connectivity index (χ3v) is 2.63. The largest absolute Gasteiger partial charge is 0.449 e. The van der Waals surface area contributed by atoms with Crippen LogP contribution in [0.25, 0.3) is 0 Å². The highest BCUT2D eigenvalue weighted by atomic mass is 35.5. The fourth-order valence-electron chi connectivity index (χ4n) is 0.732. The molecule has 15 heavy (non-hydrogen) atoms. The Morgan fingerprint density at radius 1 is 1.40 bits per heavy atom. The van der Waals surface area contributed by atoms with E-state index in [9.17, 15) is 13.2 Å². The van der Waals surface area contributed by atoms with Crippen molar-refractivity contribution in [3.63, 3.8) is 0 Å². The van der Waals surface area contributed by atoms with Crippen LogP contribution >= 0.6 is 11.6 Å². The maximum atomic E-state index is 11.1. The Morgan fingerprint density at radius 3 is 2.60 bits per heavy atom. The third kappa shape index (κ3) is 8.46. The van der Waals surface area contributed by atoms with Crippen LogP contribution in [-0.4, -0.2) is 33.5 Å². The highest BCUT2D eigenvalue weighted by Gasteiger charge is 2.13. The predicted octanol–water partition coefficient (Wildman–Crippen LogP) is 0.586. The van der Waals surface area contributed by atoms with E-state index >= 15 is 0 Å². The SMILES string of the molecule is CCOC(=O)NS(=O)(=O)NCCCCCl. The topological polar surface area (TPSA) is 84.5 Å². The number of halogens is 1. The number of carbonyl (C=O) groups is 1. The lowest BCUT2D eigenvalue weighted by atomic mass is 10.3. The van der Waals surface area contributed by atoms with Gasteiger partial charge in [0, 0.05) is 12.4 Å². The second kappa shape index (κ2) is 7.72. The van der Waals surface area contributed by atoms with Crippen molar-refractivity contribution in [2.45, 2.75) is 19.8 Å². The lowest BCUT2D eigenvalue weighted by molar-refractivity contribution is 0.158. The van der Waals surface area contributed by atoms with Gasteiger partial charge in [-0.2, -0.15) is 13.1 Å². The molecule has 6 nitrogen and oxygen atoms in total. The smallest absolute Gasteiger partial charge is 0.421 e. The van der Waals surface area contributed by atoms with E-state index in [1.54, 1.807) is 11.6 Å². The van der Waals surface area contributed by atoms with Crippen molar-refractivity contribution in [1.82, 2.24) is 9.44 Å². The molecule has 0 fully saturated rings. The maximum Gasteiger partial charge on any atom is 0.421 e. The molecule has 90 valence electrons. The van der Waals surface area contributed by atoms with E-state index < -0.39 is 16.3 Å². The number of amides is 1. The first-order valence-corrected chi connectivity index (χ1v) is 6.53. The molecule has 0 saturated carbocycles. The molecule has 0 atom stereocenters. The molecule has 2 N–H and O–H groups in total. The zero-order chi connectivity index (χ0) is 11.7. The van der Waals surface area contributed by atoms with Gasteiger partial charge < -0.3 is 4.74 Å². The molecule has 8 heteroatoms.